The van der Waals surface area contributed by atoms with Crippen molar-refractivity contribution in [1.29, 1.82) is 0 Å². The van der Waals surface area contributed by atoms with Gasteiger partial charge in [-0.1, -0.05) is 0 Å². The van der Waals surface area contributed by atoms with E-state index in [1.807, 2.05) is 0 Å². The highest BCUT2D eigenvalue weighted by molar-refractivity contribution is 9.11. The van der Waals surface area contributed by atoms with E-state index >= 15 is 0 Å². The number of hydrogen-bond donors (Lipinski definition) is 2. The Morgan fingerprint density at radius 2 is 2.16 bits per heavy atom. The number of urea groups is 1. The second-order valence-corrected chi connectivity index (χ2v) is 12.5. The van der Waals surface area contributed by atoms with Gasteiger partial charge in [-0.05, 0) is 54.2 Å². The van der Waals surface area contributed by atoms with Gasteiger partial charge in [-0.3, -0.25) is 4.79 Å². The van der Waals surface area contributed by atoms with Gasteiger partial charge in [0, 0.05) is 37.5 Å². The topological polar surface area (TPSA) is 114 Å². The Morgan fingerprint density at radius 1 is 1.35 bits per heavy atom. The summed E-state index contributed by atoms with van der Waals surface area (Å²) >= 11 is 4.68. The average molecular weight is 538 g/mol. The number of hydrogen-bond acceptors (Lipinski definition) is 7. The van der Waals surface area contributed by atoms with E-state index in [0.717, 1.165) is 16.6 Å². The largest absolute Gasteiger partial charge is 0.350 e. The molecular formula is C19H28BrN3O6S2. The van der Waals surface area contributed by atoms with E-state index in [-0.39, 0.29) is 37.7 Å². The van der Waals surface area contributed by atoms with Gasteiger partial charge in [0.15, 0.2) is 16.1 Å². The number of halogens is 1. The molecule has 2 N–H and O–H groups in total. The van der Waals surface area contributed by atoms with E-state index in [1.54, 1.807) is 19.1 Å². The zero-order valence-electron chi connectivity index (χ0n) is 17.4. The lowest BCUT2D eigenvalue weighted by Gasteiger charge is -2.31. The Morgan fingerprint density at radius 3 is 2.81 bits per heavy atom. The number of rotatable bonds is 6. The molecule has 3 amide bonds. The molecule has 2 aliphatic rings. The van der Waals surface area contributed by atoms with E-state index in [0.29, 0.717) is 24.4 Å². The summed E-state index contributed by atoms with van der Waals surface area (Å²) in [6.45, 7) is 3.13. The molecule has 3 heterocycles. The SMILES string of the molecule is CCNC(=O)N1CCC(CC(=O)NOC2CCCCO2)(c2ccc(Br)s2)S(=O)(=O)CC1. The maximum Gasteiger partial charge on any atom is 0.317 e. The number of nitrogens with zero attached hydrogens (tertiary/aromatic N) is 1. The predicted octanol–water partition coefficient (Wildman–Crippen LogP) is 2.52. The Bertz CT molecular complexity index is 887. The van der Waals surface area contributed by atoms with Crippen LogP contribution >= 0.6 is 27.3 Å². The van der Waals surface area contributed by atoms with E-state index in [1.165, 1.54) is 16.2 Å². The first kappa shape index (κ1) is 24.4. The molecule has 12 heteroatoms. The van der Waals surface area contributed by atoms with E-state index in [2.05, 4.69) is 26.7 Å². The molecule has 1 aromatic heterocycles. The van der Waals surface area contributed by atoms with Crippen molar-refractivity contribution in [2.24, 2.45) is 0 Å². The molecule has 0 radical (unpaired) electrons. The van der Waals surface area contributed by atoms with Crippen molar-refractivity contribution in [1.82, 2.24) is 15.7 Å². The van der Waals surface area contributed by atoms with Crippen molar-refractivity contribution in [2.45, 2.75) is 50.1 Å². The van der Waals surface area contributed by atoms with Crippen molar-refractivity contribution in [3.05, 3.63) is 20.8 Å². The molecule has 2 unspecified atom stereocenters. The Hall–Kier alpha value is -1.21. The summed E-state index contributed by atoms with van der Waals surface area (Å²) in [6, 6.07) is 3.20. The molecule has 174 valence electrons. The van der Waals surface area contributed by atoms with Crippen molar-refractivity contribution >= 4 is 49.0 Å². The Balaban J connectivity index is 1.82. The highest BCUT2D eigenvalue weighted by Crippen LogP contribution is 2.44. The quantitative estimate of drug-likeness (QED) is 0.539. The van der Waals surface area contributed by atoms with E-state index < -0.39 is 26.8 Å². The molecule has 31 heavy (non-hydrogen) atoms. The van der Waals surface area contributed by atoms with Gasteiger partial charge in [0.05, 0.1) is 16.0 Å². The second-order valence-electron chi connectivity index (χ2n) is 7.61. The molecule has 9 nitrogen and oxygen atoms in total. The molecule has 0 aromatic carbocycles. The average Bonchev–Trinajstić information content (AvgIpc) is 3.13. The fourth-order valence-corrected chi connectivity index (χ4v) is 7.81. The lowest BCUT2D eigenvalue weighted by Crippen LogP contribution is -2.43. The number of carbonyl (C=O) groups excluding carboxylic acids is 2. The summed E-state index contributed by atoms with van der Waals surface area (Å²) in [5, 5.41) is 2.71. The number of hydroxylamine groups is 1. The predicted molar refractivity (Wildman–Crippen MR) is 120 cm³/mol. The number of thiophene rings is 1. The zero-order chi connectivity index (χ0) is 22.5. The van der Waals surface area contributed by atoms with Crippen LogP contribution in [0.5, 0.6) is 0 Å². The van der Waals surface area contributed by atoms with Crippen LogP contribution in [0.25, 0.3) is 0 Å². The highest BCUT2D eigenvalue weighted by atomic mass is 79.9. The lowest BCUT2D eigenvalue weighted by molar-refractivity contribution is -0.200. The van der Waals surface area contributed by atoms with Gasteiger partial charge in [-0.15, -0.1) is 11.3 Å². The summed E-state index contributed by atoms with van der Waals surface area (Å²) in [7, 11) is -3.76. The van der Waals surface area contributed by atoms with E-state index in [4.69, 9.17) is 9.57 Å². The molecule has 2 saturated heterocycles. The van der Waals surface area contributed by atoms with E-state index in [9.17, 15) is 18.0 Å². The first-order valence-electron chi connectivity index (χ1n) is 10.3. The monoisotopic (exact) mass is 537 g/mol. The molecule has 3 rings (SSSR count). The molecule has 2 fully saturated rings. The number of amides is 3. The number of nitrogens with one attached hydrogen (secondary N) is 2. The van der Waals surface area contributed by atoms with Crippen LogP contribution in [0.4, 0.5) is 4.79 Å². The smallest absolute Gasteiger partial charge is 0.317 e. The minimum absolute atomic E-state index is 0.0799. The third-order valence-corrected chi connectivity index (χ3v) is 9.97. The first-order chi connectivity index (χ1) is 14.8. The van der Waals surface area contributed by atoms with Crippen LogP contribution in [0.1, 0.15) is 43.9 Å². The fourth-order valence-electron chi connectivity index (χ4n) is 3.83. The van der Waals surface area contributed by atoms with Crippen LogP contribution < -0.4 is 10.8 Å². The van der Waals surface area contributed by atoms with Crippen molar-refractivity contribution in [3.63, 3.8) is 0 Å². The standard InChI is InChI=1S/C19H28BrN3O6S2/c1-2-21-18(25)23-9-8-19(31(26,27)12-10-23,14-6-7-15(20)30-14)13-16(24)22-29-17-5-3-4-11-28-17/h6-7,17H,2-5,8-13H2,1H3,(H,21,25)(H,22,24). The van der Waals surface area contributed by atoms with Crippen molar-refractivity contribution in [3.8, 4) is 0 Å². The number of sulfone groups is 1. The molecule has 1 aromatic rings. The maximum absolute atomic E-state index is 13.5. The summed E-state index contributed by atoms with van der Waals surface area (Å²) in [4.78, 5) is 32.5. The van der Waals surface area contributed by atoms with Gasteiger partial charge in [0.25, 0.3) is 0 Å². The minimum atomic E-state index is -3.76. The van der Waals surface area contributed by atoms with Crippen LogP contribution in [-0.4, -0.2) is 63.5 Å². The lowest BCUT2D eigenvalue weighted by atomic mass is 9.97. The fraction of sp³-hybridized carbons (Fsp3) is 0.684. The maximum atomic E-state index is 13.5. The van der Waals surface area contributed by atoms with Crippen molar-refractivity contribution in [2.75, 3.05) is 32.0 Å². The minimum Gasteiger partial charge on any atom is -0.350 e. The van der Waals surface area contributed by atoms with Gasteiger partial charge in [-0.25, -0.2) is 23.5 Å². The number of carbonyl (C=O) groups is 2. The van der Waals surface area contributed by atoms with Crippen LogP contribution in [0, 0.1) is 0 Å². The normalized spacial score (nSPS) is 26.1. The molecule has 0 bridgehead atoms. The summed E-state index contributed by atoms with van der Waals surface area (Å²) in [5.41, 5.74) is 2.39. The molecule has 2 atom stereocenters. The van der Waals surface area contributed by atoms with Crippen LogP contribution in [-0.2, 0) is 29.0 Å². The van der Waals surface area contributed by atoms with Crippen LogP contribution in [0.3, 0.4) is 0 Å². The second kappa shape index (κ2) is 10.6. The summed E-state index contributed by atoms with van der Waals surface area (Å²) < 4.78 is 31.8. The molecule has 0 saturated carbocycles. The molecule has 0 spiro atoms. The molecule has 2 aliphatic heterocycles. The third-order valence-electron chi connectivity index (χ3n) is 5.54. The molecule has 0 aliphatic carbocycles. The molecular weight excluding hydrogens is 510 g/mol. The summed E-state index contributed by atoms with van der Waals surface area (Å²) in [6.07, 6.45) is 1.86. The van der Waals surface area contributed by atoms with Crippen LogP contribution in [0.2, 0.25) is 0 Å². The van der Waals surface area contributed by atoms with Gasteiger partial charge in [0.2, 0.25) is 5.91 Å². The van der Waals surface area contributed by atoms with Gasteiger partial charge in [-0.2, -0.15) is 0 Å². The van der Waals surface area contributed by atoms with Crippen LogP contribution in [0.15, 0.2) is 15.9 Å². The summed E-state index contributed by atoms with van der Waals surface area (Å²) in [5.74, 6) is -0.756. The third kappa shape index (κ3) is 5.78. The van der Waals surface area contributed by atoms with Gasteiger partial charge < -0.3 is 15.0 Å². The zero-order valence-corrected chi connectivity index (χ0v) is 20.6. The van der Waals surface area contributed by atoms with Gasteiger partial charge >= 0.3 is 6.03 Å². The van der Waals surface area contributed by atoms with Crippen molar-refractivity contribution < 1.29 is 27.6 Å². The Labute approximate surface area is 194 Å². The first-order valence-corrected chi connectivity index (χ1v) is 13.6. The Kier molecular flexibility index (Phi) is 8.36. The van der Waals surface area contributed by atoms with Gasteiger partial charge in [0.1, 0.15) is 4.75 Å². The number of ether oxygens (including phenoxy) is 1. The highest BCUT2D eigenvalue weighted by Gasteiger charge is 2.50.